The van der Waals surface area contributed by atoms with E-state index in [0.29, 0.717) is 10.0 Å². The number of aromatic hydroxyl groups is 1. The zero-order chi connectivity index (χ0) is 18.6. The summed E-state index contributed by atoms with van der Waals surface area (Å²) in [6, 6.07) is 10.1. The van der Waals surface area contributed by atoms with Crippen LogP contribution in [0.4, 0.5) is 5.69 Å². The van der Waals surface area contributed by atoms with Crippen LogP contribution in [0.2, 0.25) is 10.0 Å². The second-order valence-electron chi connectivity index (χ2n) is 5.83. The van der Waals surface area contributed by atoms with Gasteiger partial charge in [-0.3, -0.25) is 9.59 Å². The predicted molar refractivity (Wildman–Crippen MR) is 99.3 cm³/mol. The van der Waals surface area contributed by atoms with Crippen molar-refractivity contribution in [3.05, 3.63) is 58.1 Å². The number of phenolic OH excluding ortho intramolecular Hbond substituents is 1. The Morgan fingerprint density at radius 2 is 1.76 bits per heavy atom. The van der Waals surface area contributed by atoms with Crippen LogP contribution >= 0.6 is 23.2 Å². The minimum absolute atomic E-state index is 0.113. The molecule has 7 heteroatoms. The normalized spacial score (nSPS) is 11.9. The Morgan fingerprint density at radius 1 is 1.08 bits per heavy atom. The maximum absolute atomic E-state index is 12.6. The summed E-state index contributed by atoms with van der Waals surface area (Å²) in [4.78, 5) is 25.0. The third-order valence-electron chi connectivity index (χ3n) is 3.57. The Morgan fingerprint density at radius 3 is 2.40 bits per heavy atom. The summed E-state index contributed by atoms with van der Waals surface area (Å²) >= 11 is 11.9. The number of carbonyl (C=O) groups is 2. The summed E-state index contributed by atoms with van der Waals surface area (Å²) in [5.41, 5.74) is 0.461. The fourth-order valence-electron chi connectivity index (χ4n) is 2.22. The van der Waals surface area contributed by atoms with E-state index in [1.54, 1.807) is 38.1 Å². The fraction of sp³-hybridized carbons (Fsp3) is 0.222. The number of halogens is 2. The average molecular weight is 381 g/mol. The Balaban J connectivity index is 2.17. The third-order valence-corrected chi connectivity index (χ3v) is 4.14. The number of hydrogen-bond donors (Lipinski definition) is 3. The molecule has 0 saturated heterocycles. The molecular formula is C18H18Cl2N2O3. The van der Waals surface area contributed by atoms with Crippen molar-refractivity contribution in [2.75, 3.05) is 5.32 Å². The fourth-order valence-corrected chi connectivity index (χ4v) is 2.61. The monoisotopic (exact) mass is 380 g/mol. The number of carbonyl (C=O) groups excluding carboxylic acids is 2. The molecule has 1 unspecified atom stereocenters. The van der Waals surface area contributed by atoms with Crippen LogP contribution in [0, 0.1) is 5.92 Å². The lowest BCUT2D eigenvalue weighted by Gasteiger charge is -2.22. The van der Waals surface area contributed by atoms with Crippen LogP contribution in [0.25, 0.3) is 0 Å². The molecule has 0 saturated carbocycles. The molecule has 2 aromatic rings. The van der Waals surface area contributed by atoms with Gasteiger partial charge < -0.3 is 15.7 Å². The molecule has 0 aromatic heterocycles. The van der Waals surface area contributed by atoms with Gasteiger partial charge in [-0.05, 0) is 36.2 Å². The van der Waals surface area contributed by atoms with E-state index in [-0.39, 0.29) is 22.9 Å². The van der Waals surface area contributed by atoms with Crippen molar-refractivity contribution in [2.45, 2.75) is 19.9 Å². The van der Waals surface area contributed by atoms with E-state index < -0.39 is 17.9 Å². The largest absolute Gasteiger partial charge is 0.506 e. The van der Waals surface area contributed by atoms with E-state index in [9.17, 15) is 14.7 Å². The van der Waals surface area contributed by atoms with Gasteiger partial charge in [0.15, 0.2) is 0 Å². The molecule has 0 heterocycles. The van der Waals surface area contributed by atoms with E-state index in [0.717, 1.165) is 0 Å². The van der Waals surface area contributed by atoms with Crippen LogP contribution in [-0.4, -0.2) is 23.0 Å². The highest BCUT2D eigenvalue weighted by atomic mass is 35.5. The summed E-state index contributed by atoms with van der Waals surface area (Å²) < 4.78 is 0. The van der Waals surface area contributed by atoms with Crippen LogP contribution in [0.5, 0.6) is 5.75 Å². The highest BCUT2D eigenvalue weighted by Gasteiger charge is 2.26. The zero-order valence-corrected chi connectivity index (χ0v) is 15.2. The molecule has 2 aromatic carbocycles. The van der Waals surface area contributed by atoms with E-state index in [4.69, 9.17) is 23.2 Å². The predicted octanol–water partition coefficient (Wildman–Crippen LogP) is 4.09. The quantitative estimate of drug-likeness (QED) is 0.683. The summed E-state index contributed by atoms with van der Waals surface area (Å²) in [5, 5.41) is 15.8. The van der Waals surface area contributed by atoms with Crippen LogP contribution in [0.1, 0.15) is 24.2 Å². The lowest BCUT2D eigenvalue weighted by Crippen LogP contribution is -2.47. The van der Waals surface area contributed by atoms with Gasteiger partial charge in [-0.2, -0.15) is 0 Å². The first kappa shape index (κ1) is 19.1. The number of rotatable bonds is 5. The number of anilines is 1. The van der Waals surface area contributed by atoms with Gasteiger partial charge >= 0.3 is 0 Å². The first-order valence-electron chi connectivity index (χ1n) is 7.64. The second kappa shape index (κ2) is 8.23. The molecule has 0 fully saturated rings. The minimum atomic E-state index is -0.817. The second-order valence-corrected chi connectivity index (χ2v) is 6.67. The number of amides is 2. The Labute approximate surface area is 156 Å². The van der Waals surface area contributed by atoms with Gasteiger partial charge in [0.05, 0.1) is 16.3 Å². The topological polar surface area (TPSA) is 78.4 Å². The number of phenols is 1. The van der Waals surface area contributed by atoms with E-state index in [1.165, 1.54) is 18.2 Å². The van der Waals surface area contributed by atoms with Gasteiger partial charge in [-0.1, -0.05) is 49.2 Å². The molecule has 25 heavy (non-hydrogen) atoms. The van der Waals surface area contributed by atoms with Crippen molar-refractivity contribution in [1.82, 2.24) is 5.32 Å². The van der Waals surface area contributed by atoms with Crippen LogP contribution in [0.3, 0.4) is 0 Å². The minimum Gasteiger partial charge on any atom is -0.506 e. The molecule has 0 aliphatic heterocycles. The Kier molecular flexibility index (Phi) is 6.28. The first-order chi connectivity index (χ1) is 11.8. The van der Waals surface area contributed by atoms with Crippen LogP contribution < -0.4 is 10.6 Å². The highest BCUT2D eigenvalue weighted by molar-refractivity contribution is 6.34. The van der Waals surface area contributed by atoms with Crippen molar-refractivity contribution in [2.24, 2.45) is 5.92 Å². The van der Waals surface area contributed by atoms with Gasteiger partial charge in [-0.25, -0.2) is 0 Å². The maximum atomic E-state index is 12.6. The number of hydrogen-bond acceptors (Lipinski definition) is 3. The molecule has 2 rings (SSSR count). The van der Waals surface area contributed by atoms with E-state index >= 15 is 0 Å². The lowest BCUT2D eigenvalue weighted by atomic mass is 10.0. The average Bonchev–Trinajstić information content (AvgIpc) is 2.55. The van der Waals surface area contributed by atoms with E-state index in [2.05, 4.69) is 10.6 Å². The molecule has 0 radical (unpaired) electrons. The third kappa shape index (κ3) is 4.87. The summed E-state index contributed by atoms with van der Waals surface area (Å²) in [6.45, 7) is 3.60. The summed E-state index contributed by atoms with van der Waals surface area (Å²) in [6.07, 6.45) is 0. The smallest absolute Gasteiger partial charge is 0.253 e. The zero-order valence-electron chi connectivity index (χ0n) is 13.7. The van der Waals surface area contributed by atoms with Gasteiger partial charge in [0, 0.05) is 5.02 Å². The number of nitrogens with one attached hydrogen (secondary N) is 2. The van der Waals surface area contributed by atoms with Crippen molar-refractivity contribution in [3.63, 3.8) is 0 Å². The molecule has 0 aliphatic rings. The summed E-state index contributed by atoms with van der Waals surface area (Å²) in [5.74, 6) is -1.21. The van der Waals surface area contributed by atoms with Gasteiger partial charge in [0.25, 0.3) is 5.91 Å². The molecular weight excluding hydrogens is 363 g/mol. The van der Waals surface area contributed by atoms with Gasteiger partial charge in [0.2, 0.25) is 5.91 Å². The lowest BCUT2D eigenvalue weighted by molar-refractivity contribution is -0.118. The molecule has 0 spiro atoms. The van der Waals surface area contributed by atoms with Crippen LogP contribution in [0.15, 0.2) is 42.5 Å². The Bertz CT molecular complexity index is 794. The molecule has 0 aliphatic carbocycles. The first-order valence-corrected chi connectivity index (χ1v) is 8.40. The summed E-state index contributed by atoms with van der Waals surface area (Å²) in [7, 11) is 0. The van der Waals surface area contributed by atoms with Crippen molar-refractivity contribution >= 4 is 40.7 Å². The Hall–Kier alpha value is -2.24. The van der Waals surface area contributed by atoms with Gasteiger partial charge in [-0.15, -0.1) is 0 Å². The molecule has 0 bridgehead atoms. The molecule has 5 nitrogen and oxygen atoms in total. The number of benzene rings is 2. The SMILES string of the molecule is CC(C)C(NC(=O)c1ccccc1Cl)C(=O)Nc1cc(Cl)ccc1O. The molecule has 132 valence electrons. The molecule has 3 N–H and O–H groups in total. The molecule has 2 amide bonds. The highest BCUT2D eigenvalue weighted by Crippen LogP contribution is 2.27. The van der Waals surface area contributed by atoms with Crippen molar-refractivity contribution in [3.8, 4) is 5.75 Å². The van der Waals surface area contributed by atoms with Crippen molar-refractivity contribution < 1.29 is 14.7 Å². The molecule has 1 atom stereocenters. The van der Waals surface area contributed by atoms with Crippen LogP contribution in [-0.2, 0) is 4.79 Å². The van der Waals surface area contributed by atoms with E-state index in [1.807, 2.05) is 0 Å². The maximum Gasteiger partial charge on any atom is 0.253 e. The van der Waals surface area contributed by atoms with Crippen molar-refractivity contribution in [1.29, 1.82) is 0 Å². The standard InChI is InChI=1S/C18H18Cl2N2O3/c1-10(2)16(22-17(24)12-5-3-4-6-13(12)20)18(25)21-14-9-11(19)7-8-15(14)23/h3-10,16,23H,1-2H3,(H,21,25)(H,22,24). The van der Waals surface area contributed by atoms with Gasteiger partial charge in [0.1, 0.15) is 11.8 Å².